The fourth-order valence-electron chi connectivity index (χ4n) is 2.94. The minimum absolute atomic E-state index is 0.823. The van der Waals surface area contributed by atoms with E-state index in [1.807, 2.05) is 6.20 Å². The molecule has 94 valence electrons. The van der Waals surface area contributed by atoms with E-state index in [-0.39, 0.29) is 0 Å². The molecule has 0 aliphatic heterocycles. The molecule has 1 aliphatic carbocycles. The lowest BCUT2D eigenvalue weighted by atomic mass is 9.72. The number of nitrogens with one attached hydrogen (secondary N) is 1. The third kappa shape index (κ3) is 4.59. The largest absolute Gasteiger partial charge is 0.391 e. The zero-order valence-corrected chi connectivity index (χ0v) is 11.3. The fourth-order valence-corrected chi connectivity index (χ4v) is 2.94. The number of hydrogen-bond donors (Lipinski definition) is 1. The highest BCUT2D eigenvalue weighted by Crippen LogP contribution is 2.38. The van der Waals surface area contributed by atoms with Crippen LogP contribution in [-0.4, -0.2) is 6.54 Å². The van der Waals surface area contributed by atoms with Gasteiger partial charge >= 0.3 is 0 Å². The molecule has 0 saturated heterocycles. The highest BCUT2D eigenvalue weighted by atomic mass is 14.8. The van der Waals surface area contributed by atoms with E-state index in [4.69, 9.17) is 0 Å². The first-order valence-corrected chi connectivity index (χ1v) is 6.97. The maximum Gasteiger partial charge on any atom is 0.0144 e. The Labute approximate surface area is 102 Å². The van der Waals surface area contributed by atoms with Gasteiger partial charge in [-0.3, -0.25) is 0 Å². The standard InChI is InChI=1S/C15H29N/c1-5-16-9-8-15(12(2)3)7-6-14-10-13(4)11-14/h5,12-16H,1,6-11H2,2-4H3. The molecule has 1 N–H and O–H groups in total. The summed E-state index contributed by atoms with van der Waals surface area (Å²) in [5.74, 6) is 3.76. The fraction of sp³-hybridized carbons (Fsp3) is 0.867. The Morgan fingerprint density at radius 3 is 2.50 bits per heavy atom. The molecule has 0 aromatic heterocycles. The summed E-state index contributed by atoms with van der Waals surface area (Å²) >= 11 is 0. The summed E-state index contributed by atoms with van der Waals surface area (Å²) in [7, 11) is 0. The van der Waals surface area contributed by atoms with Crippen LogP contribution in [0.3, 0.4) is 0 Å². The second-order valence-corrected chi connectivity index (χ2v) is 5.97. The lowest BCUT2D eigenvalue weighted by Crippen LogP contribution is -2.23. The predicted molar refractivity (Wildman–Crippen MR) is 72.3 cm³/mol. The highest BCUT2D eigenvalue weighted by Gasteiger charge is 2.26. The van der Waals surface area contributed by atoms with E-state index >= 15 is 0 Å². The summed E-state index contributed by atoms with van der Waals surface area (Å²) in [6, 6.07) is 0. The van der Waals surface area contributed by atoms with Crippen molar-refractivity contribution < 1.29 is 0 Å². The monoisotopic (exact) mass is 223 g/mol. The highest BCUT2D eigenvalue weighted by molar-refractivity contribution is 4.78. The average molecular weight is 223 g/mol. The van der Waals surface area contributed by atoms with Crippen LogP contribution in [-0.2, 0) is 0 Å². The number of hydrogen-bond acceptors (Lipinski definition) is 1. The van der Waals surface area contributed by atoms with Gasteiger partial charge in [0.1, 0.15) is 0 Å². The molecule has 0 aromatic carbocycles. The van der Waals surface area contributed by atoms with E-state index in [9.17, 15) is 0 Å². The van der Waals surface area contributed by atoms with Crippen LogP contribution in [0.25, 0.3) is 0 Å². The van der Waals surface area contributed by atoms with Gasteiger partial charge in [0.05, 0.1) is 0 Å². The normalized spacial score (nSPS) is 26.2. The van der Waals surface area contributed by atoms with Gasteiger partial charge in [0.25, 0.3) is 0 Å². The molecular formula is C15H29N. The molecule has 1 aliphatic rings. The van der Waals surface area contributed by atoms with Gasteiger partial charge in [-0.1, -0.05) is 33.8 Å². The first-order chi connectivity index (χ1) is 7.63. The van der Waals surface area contributed by atoms with Crippen molar-refractivity contribution in [2.75, 3.05) is 6.54 Å². The molecule has 0 aromatic rings. The Morgan fingerprint density at radius 2 is 2.00 bits per heavy atom. The molecule has 0 radical (unpaired) electrons. The molecule has 1 fully saturated rings. The molecule has 1 nitrogen and oxygen atoms in total. The summed E-state index contributed by atoms with van der Waals surface area (Å²) in [5.41, 5.74) is 0. The maximum atomic E-state index is 3.70. The van der Waals surface area contributed by atoms with Gasteiger partial charge in [-0.05, 0) is 55.6 Å². The number of rotatable bonds is 8. The van der Waals surface area contributed by atoms with Gasteiger partial charge in [0.2, 0.25) is 0 Å². The summed E-state index contributed by atoms with van der Waals surface area (Å²) in [5, 5.41) is 3.22. The van der Waals surface area contributed by atoms with Crippen LogP contribution in [0.15, 0.2) is 12.8 Å². The Hall–Kier alpha value is -0.460. The Balaban J connectivity index is 2.14. The zero-order valence-electron chi connectivity index (χ0n) is 11.3. The van der Waals surface area contributed by atoms with Crippen LogP contribution in [0, 0.1) is 23.7 Å². The molecule has 0 amide bonds. The molecule has 1 heteroatoms. The Kier molecular flexibility index (Phi) is 5.94. The van der Waals surface area contributed by atoms with Crippen molar-refractivity contribution in [1.29, 1.82) is 0 Å². The summed E-state index contributed by atoms with van der Waals surface area (Å²) in [6.07, 6.45) is 8.96. The van der Waals surface area contributed by atoms with Crippen LogP contribution in [0.2, 0.25) is 0 Å². The van der Waals surface area contributed by atoms with Gasteiger partial charge in [-0.2, -0.15) is 0 Å². The zero-order chi connectivity index (χ0) is 12.0. The molecular weight excluding hydrogens is 194 g/mol. The molecule has 1 saturated carbocycles. The van der Waals surface area contributed by atoms with Crippen LogP contribution in [0.4, 0.5) is 0 Å². The molecule has 1 unspecified atom stereocenters. The van der Waals surface area contributed by atoms with Crippen LogP contribution in [0.1, 0.15) is 52.9 Å². The van der Waals surface area contributed by atoms with Gasteiger partial charge in [-0.15, -0.1) is 0 Å². The van der Waals surface area contributed by atoms with E-state index in [0.717, 1.165) is 30.2 Å². The second-order valence-electron chi connectivity index (χ2n) is 5.97. The lowest BCUT2D eigenvalue weighted by Gasteiger charge is -2.34. The van der Waals surface area contributed by atoms with Crippen molar-refractivity contribution in [2.45, 2.75) is 52.9 Å². The first-order valence-electron chi connectivity index (χ1n) is 6.97. The minimum Gasteiger partial charge on any atom is -0.391 e. The van der Waals surface area contributed by atoms with Crippen molar-refractivity contribution in [2.24, 2.45) is 23.7 Å². The van der Waals surface area contributed by atoms with Crippen molar-refractivity contribution in [3.8, 4) is 0 Å². The van der Waals surface area contributed by atoms with Crippen LogP contribution >= 0.6 is 0 Å². The van der Waals surface area contributed by atoms with Gasteiger partial charge < -0.3 is 5.32 Å². The van der Waals surface area contributed by atoms with Crippen molar-refractivity contribution in [3.63, 3.8) is 0 Å². The topological polar surface area (TPSA) is 12.0 Å². The summed E-state index contributed by atoms with van der Waals surface area (Å²) in [4.78, 5) is 0. The Morgan fingerprint density at radius 1 is 1.31 bits per heavy atom. The van der Waals surface area contributed by atoms with Gasteiger partial charge in [-0.25, -0.2) is 0 Å². The van der Waals surface area contributed by atoms with Gasteiger partial charge in [0.15, 0.2) is 0 Å². The van der Waals surface area contributed by atoms with Crippen LogP contribution in [0.5, 0.6) is 0 Å². The summed E-state index contributed by atoms with van der Waals surface area (Å²) in [6.45, 7) is 11.9. The van der Waals surface area contributed by atoms with Crippen LogP contribution < -0.4 is 5.32 Å². The Bertz CT molecular complexity index is 192. The molecule has 1 atom stereocenters. The summed E-state index contributed by atoms with van der Waals surface area (Å²) < 4.78 is 0. The molecule has 0 spiro atoms. The molecule has 0 heterocycles. The van der Waals surface area contributed by atoms with Crippen molar-refractivity contribution in [1.82, 2.24) is 5.32 Å². The third-order valence-corrected chi connectivity index (χ3v) is 4.16. The smallest absolute Gasteiger partial charge is 0.0144 e. The van der Waals surface area contributed by atoms with E-state index < -0.39 is 0 Å². The predicted octanol–water partition coefficient (Wildman–Crippen LogP) is 4.21. The SMILES string of the molecule is C=CNCCC(CCC1CC(C)C1)C(C)C. The van der Waals surface area contributed by atoms with Gasteiger partial charge in [0, 0.05) is 6.54 Å². The van der Waals surface area contributed by atoms with Crippen molar-refractivity contribution >= 4 is 0 Å². The molecule has 0 bridgehead atoms. The maximum absolute atomic E-state index is 3.70. The van der Waals surface area contributed by atoms with E-state index in [2.05, 4.69) is 32.7 Å². The van der Waals surface area contributed by atoms with E-state index in [0.29, 0.717) is 0 Å². The third-order valence-electron chi connectivity index (χ3n) is 4.16. The van der Waals surface area contributed by atoms with Crippen molar-refractivity contribution in [3.05, 3.63) is 12.8 Å². The minimum atomic E-state index is 0.823. The van der Waals surface area contributed by atoms with E-state index in [1.54, 1.807) is 0 Å². The molecule has 1 rings (SSSR count). The average Bonchev–Trinajstić information content (AvgIpc) is 2.19. The first kappa shape index (κ1) is 13.6. The quantitative estimate of drug-likeness (QED) is 0.608. The molecule has 16 heavy (non-hydrogen) atoms. The second kappa shape index (κ2) is 6.98. The van der Waals surface area contributed by atoms with E-state index in [1.165, 1.54) is 32.1 Å². The lowest BCUT2D eigenvalue weighted by molar-refractivity contribution is 0.177.